The van der Waals surface area contributed by atoms with Crippen molar-refractivity contribution in [2.75, 3.05) is 19.8 Å². The molecule has 124 valence electrons. The van der Waals surface area contributed by atoms with Crippen LogP contribution in [0, 0.1) is 0 Å². The summed E-state index contributed by atoms with van der Waals surface area (Å²) < 4.78 is 10.8. The zero-order valence-electron chi connectivity index (χ0n) is 13.4. The second-order valence-corrected chi connectivity index (χ2v) is 6.96. The zero-order valence-corrected chi connectivity index (χ0v) is 14.2. The van der Waals surface area contributed by atoms with Gasteiger partial charge in [0.1, 0.15) is 0 Å². The lowest BCUT2D eigenvalue weighted by molar-refractivity contribution is -0.0138. The molecule has 1 atom stereocenters. The molecule has 0 N–H and O–H groups in total. The molecule has 1 aliphatic rings. The second kappa shape index (κ2) is 7.33. The molecule has 0 amide bonds. The number of carbonyl (C=O) groups is 1. The molecule has 6 nitrogen and oxygen atoms in total. The minimum atomic E-state index is 0.0550. The minimum absolute atomic E-state index is 0.0550. The van der Waals surface area contributed by atoms with E-state index in [1.165, 1.54) is 11.3 Å². The summed E-state index contributed by atoms with van der Waals surface area (Å²) in [5, 5.41) is 5.97. The Bertz CT molecular complexity index is 639. The van der Waals surface area contributed by atoms with E-state index in [2.05, 4.69) is 15.0 Å². The summed E-state index contributed by atoms with van der Waals surface area (Å²) in [5.74, 6) is 1.71. The number of rotatable bonds is 6. The average Bonchev–Trinajstić information content (AvgIpc) is 3.20. The molecule has 0 aromatic carbocycles. The third kappa shape index (κ3) is 4.04. The van der Waals surface area contributed by atoms with Gasteiger partial charge in [-0.25, -0.2) is 0 Å². The molecule has 3 rings (SSSR count). The molecular formula is C16H21N3O3S. The van der Waals surface area contributed by atoms with Crippen molar-refractivity contribution in [1.82, 2.24) is 15.0 Å². The maximum Gasteiger partial charge on any atom is 0.229 e. The van der Waals surface area contributed by atoms with E-state index in [-0.39, 0.29) is 17.7 Å². The van der Waals surface area contributed by atoms with Crippen LogP contribution in [0.5, 0.6) is 0 Å². The van der Waals surface area contributed by atoms with E-state index in [0.717, 1.165) is 11.4 Å². The van der Waals surface area contributed by atoms with E-state index in [1.54, 1.807) is 0 Å². The van der Waals surface area contributed by atoms with E-state index in [4.69, 9.17) is 9.26 Å². The highest BCUT2D eigenvalue weighted by Gasteiger charge is 2.27. The zero-order chi connectivity index (χ0) is 16.2. The number of thiophene rings is 1. The van der Waals surface area contributed by atoms with Crippen molar-refractivity contribution in [3.8, 4) is 0 Å². The lowest BCUT2D eigenvalue weighted by Gasteiger charge is -2.34. The number of nitrogens with zero attached hydrogens (tertiary/aromatic N) is 3. The van der Waals surface area contributed by atoms with Gasteiger partial charge in [0, 0.05) is 24.9 Å². The SMILES string of the molecule is CC(C)c1nc(CN2CCOC[C@@H]2CC(=O)c2cccs2)no1. The average molecular weight is 335 g/mol. The van der Waals surface area contributed by atoms with Crippen LogP contribution in [0.3, 0.4) is 0 Å². The minimum Gasteiger partial charge on any atom is -0.378 e. The smallest absolute Gasteiger partial charge is 0.229 e. The van der Waals surface area contributed by atoms with Crippen molar-refractivity contribution in [2.45, 2.75) is 38.8 Å². The number of hydrogen-bond donors (Lipinski definition) is 0. The van der Waals surface area contributed by atoms with Crippen LogP contribution >= 0.6 is 11.3 Å². The Kier molecular flexibility index (Phi) is 5.20. The molecule has 3 heterocycles. The maximum atomic E-state index is 12.3. The predicted octanol–water partition coefficient (Wildman–Crippen LogP) is 2.73. The van der Waals surface area contributed by atoms with Crippen LogP contribution in [-0.2, 0) is 11.3 Å². The Labute approximate surface area is 139 Å². The number of hydrogen-bond acceptors (Lipinski definition) is 7. The van der Waals surface area contributed by atoms with Crippen LogP contribution < -0.4 is 0 Å². The largest absolute Gasteiger partial charge is 0.378 e. The van der Waals surface area contributed by atoms with Crippen molar-refractivity contribution < 1.29 is 14.1 Å². The van der Waals surface area contributed by atoms with Gasteiger partial charge in [-0.2, -0.15) is 4.98 Å². The first-order valence-corrected chi connectivity index (χ1v) is 8.72. The molecule has 0 bridgehead atoms. The second-order valence-electron chi connectivity index (χ2n) is 6.01. The fourth-order valence-electron chi connectivity index (χ4n) is 2.59. The summed E-state index contributed by atoms with van der Waals surface area (Å²) in [5.41, 5.74) is 0. The van der Waals surface area contributed by atoms with Crippen molar-refractivity contribution in [3.05, 3.63) is 34.1 Å². The van der Waals surface area contributed by atoms with Crippen molar-refractivity contribution in [2.24, 2.45) is 0 Å². The summed E-state index contributed by atoms with van der Waals surface area (Å²) >= 11 is 1.48. The van der Waals surface area contributed by atoms with Gasteiger partial charge in [-0.15, -0.1) is 11.3 Å². The number of carbonyl (C=O) groups excluding carboxylic acids is 1. The summed E-state index contributed by atoms with van der Waals surface area (Å²) in [7, 11) is 0. The van der Waals surface area contributed by atoms with Gasteiger partial charge in [0.25, 0.3) is 0 Å². The highest BCUT2D eigenvalue weighted by Crippen LogP contribution is 2.19. The van der Waals surface area contributed by atoms with E-state index in [0.29, 0.717) is 37.9 Å². The Morgan fingerprint density at radius 3 is 3.09 bits per heavy atom. The standard InChI is InChI=1S/C16H21N3O3S/c1-11(2)16-17-15(18-22-16)9-19-5-6-21-10-12(19)8-13(20)14-4-3-7-23-14/h3-4,7,11-12H,5-6,8-10H2,1-2H3/t12-/m0/s1. The highest BCUT2D eigenvalue weighted by molar-refractivity contribution is 7.12. The Hall–Kier alpha value is -1.57. The summed E-state index contributed by atoms with van der Waals surface area (Å²) in [6.07, 6.45) is 0.454. The molecule has 1 aliphatic heterocycles. The number of Topliss-reactive ketones (excluding diaryl/α,β-unsaturated/α-hetero) is 1. The van der Waals surface area contributed by atoms with Gasteiger partial charge in [0.15, 0.2) is 11.6 Å². The van der Waals surface area contributed by atoms with Crippen molar-refractivity contribution in [3.63, 3.8) is 0 Å². The van der Waals surface area contributed by atoms with Gasteiger partial charge >= 0.3 is 0 Å². The normalized spacial score (nSPS) is 19.3. The van der Waals surface area contributed by atoms with Gasteiger partial charge in [-0.1, -0.05) is 25.1 Å². The maximum absolute atomic E-state index is 12.3. The fourth-order valence-corrected chi connectivity index (χ4v) is 3.26. The van der Waals surface area contributed by atoms with E-state index in [1.807, 2.05) is 31.4 Å². The van der Waals surface area contributed by atoms with E-state index >= 15 is 0 Å². The molecule has 0 aliphatic carbocycles. The molecular weight excluding hydrogens is 314 g/mol. The van der Waals surface area contributed by atoms with Gasteiger partial charge in [0.05, 0.1) is 24.6 Å². The molecule has 23 heavy (non-hydrogen) atoms. The Morgan fingerprint density at radius 2 is 2.39 bits per heavy atom. The number of ether oxygens (including phenoxy) is 1. The molecule has 0 spiro atoms. The fraction of sp³-hybridized carbons (Fsp3) is 0.562. The molecule has 2 aromatic rings. The molecule has 0 unspecified atom stereocenters. The van der Waals surface area contributed by atoms with Crippen molar-refractivity contribution in [1.29, 1.82) is 0 Å². The Balaban J connectivity index is 1.64. The van der Waals surface area contributed by atoms with Gasteiger partial charge in [-0.3, -0.25) is 9.69 Å². The number of aromatic nitrogens is 2. The quantitative estimate of drug-likeness (QED) is 0.756. The first-order chi connectivity index (χ1) is 11.1. The van der Waals surface area contributed by atoms with Crippen LogP contribution in [0.1, 0.15) is 47.6 Å². The summed E-state index contributed by atoms with van der Waals surface area (Å²) in [6.45, 7) is 6.63. The molecule has 1 fully saturated rings. The van der Waals surface area contributed by atoms with Gasteiger partial charge in [-0.05, 0) is 11.4 Å². The third-order valence-electron chi connectivity index (χ3n) is 3.89. The van der Waals surface area contributed by atoms with E-state index < -0.39 is 0 Å². The van der Waals surface area contributed by atoms with Gasteiger partial charge in [0.2, 0.25) is 5.89 Å². The molecule has 1 saturated heterocycles. The molecule has 7 heteroatoms. The van der Waals surface area contributed by atoms with Crippen molar-refractivity contribution >= 4 is 17.1 Å². The van der Waals surface area contributed by atoms with Crippen LogP contribution in [0.4, 0.5) is 0 Å². The van der Waals surface area contributed by atoms with E-state index in [9.17, 15) is 4.79 Å². The molecule has 2 aromatic heterocycles. The lowest BCUT2D eigenvalue weighted by Crippen LogP contribution is -2.46. The van der Waals surface area contributed by atoms with Crippen LogP contribution in [0.15, 0.2) is 22.0 Å². The molecule has 0 saturated carbocycles. The summed E-state index contributed by atoms with van der Waals surface area (Å²) in [4.78, 5) is 19.8. The monoisotopic (exact) mass is 335 g/mol. The number of ketones is 1. The molecule has 0 radical (unpaired) electrons. The lowest BCUT2D eigenvalue weighted by atomic mass is 10.1. The topological polar surface area (TPSA) is 68.5 Å². The van der Waals surface area contributed by atoms with Gasteiger partial charge < -0.3 is 9.26 Å². The van der Waals surface area contributed by atoms with Crippen LogP contribution in [0.25, 0.3) is 0 Å². The number of morpholine rings is 1. The van der Waals surface area contributed by atoms with Crippen LogP contribution in [-0.4, -0.2) is 46.6 Å². The third-order valence-corrected chi connectivity index (χ3v) is 4.80. The van der Waals surface area contributed by atoms with Crippen LogP contribution in [0.2, 0.25) is 0 Å². The highest BCUT2D eigenvalue weighted by atomic mass is 32.1. The summed E-state index contributed by atoms with van der Waals surface area (Å²) in [6, 6.07) is 3.83. The predicted molar refractivity (Wildman–Crippen MR) is 86.7 cm³/mol. The first kappa shape index (κ1) is 16.3. The Morgan fingerprint density at radius 1 is 1.52 bits per heavy atom. The first-order valence-electron chi connectivity index (χ1n) is 7.84.